The number of hydrogen-bond donors (Lipinski definition) is 9. The Bertz CT molecular complexity index is 2550. The molecular weight excluding hydrogens is 1080 g/mol. The van der Waals surface area contributed by atoms with Gasteiger partial charge in [0.15, 0.2) is 48.9 Å². The fraction of sp³-hybridized carbons (Fsp3) is 0.745. The van der Waals surface area contributed by atoms with Gasteiger partial charge in [0.2, 0.25) is 6.29 Å². The number of aliphatic hydroxyl groups is 7. The molecule has 2 aromatic carbocycles. The monoisotopic (exact) mass is 1150 g/mol. The summed E-state index contributed by atoms with van der Waals surface area (Å²) in [4.78, 5) is 52.9. The average Bonchev–Trinajstić information content (AvgIpc) is 3.56. The first-order chi connectivity index (χ1) is 38.0. The number of methoxy groups -OCH3 is 1. The van der Waals surface area contributed by atoms with Crippen LogP contribution in [0.1, 0.15) is 110 Å². The lowest BCUT2D eigenvalue weighted by Gasteiger charge is -2.46. The average molecular weight is 1160 g/mol. The zero-order valence-electron chi connectivity index (χ0n) is 46.8. The largest absolute Gasteiger partial charge is 0.507 e. The number of benzene rings is 2. The minimum Gasteiger partial charge on any atom is -0.507 e. The molecule has 5 fully saturated rings. The molecular formula is C55H78O26. The van der Waals surface area contributed by atoms with E-state index in [1.54, 1.807) is 27.7 Å². The number of rotatable bonds is 17. The van der Waals surface area contributed by atoms with Crippen LogP contribution in [0.15, 0.2) is 18.2 Å². The van der Waals surface area contributed by atoms with Crippen LogP contribution in [-0.2, 0) is 77.6 Å². The highest BCUT2D eigenvalue weighted by molar-refractivity contribution is 6.11. The van der Waals surface area contributed by atoms with E-state index in [0.29, 0.717) is 0 Å². The van der Waals surface area contributed by atoms with Gasteiger partial charge in [0, 0.05) is 65.0 Å². The van der Waals surface area contributed by atoms with Crippen molar-refractivity contribution in [3.63, 3.8) is 0 Å². The van der Waals surface area contributed by atoms with Gasteiger partial charge in [-0.1, -0.05) is 0 Å². The summed E-state index contributed by atoms with van der Waals surface area (Å²) in [5.74, 6) is -5.51. The van der Waals surface area contributed by atoms with Crippen LogP contribution >= 0.6 is 0 Å². The van der Waals surface area contributed by atoms with Gasteiger partial charge in [0.1, 0.15) is 65.6 Å². The highest BCUT2D eigenvalue weighted by atomic mass is 16.7. The number of fused-ring (bicyclic) bond motifs is 2. The number of Topliss-reactive ketones (excluding diaryl/α,β-unsaturated/α-hetero) is 2. The van der Waals surface area contributed by atoms with Gasteiger partial charge in [-0.3, -0.25) is 19.2 Å². The van der Waals surface area contributed by atoms with Crippen molar-refractivity contribution in [2.24, 2.45) is 5.92 Å². The number of aromatic hydroxyl groups is 2. The highest BCUT2D eigenvalue weighted by Crippen LogP contribution is 2.46. The van der Waals surface area contributed by atoms with Gasteiger partial charge in [-0.2, -0.15) is 0 Å². The minimum atomic E-state index is -1.96. The number of phenols is 2. The molecule has 81 heavy (non-hydrogen) atoms. The maximum Gasteiger partial charge on any atom is 0.303 e. The summed E-state index contributed by atoms with van der Waals surface area (Å²) in [6.07, 6.45) is -27.3. The van der Waals surface area contributed by atoms with Crippen LogP contribution in [0.2, 0.25) is 0 Å². The molecule has 26 heteroatoms. The van der Waals surface area contributed by atoms with Gasteiger partial charge in [-0.25, -0.2) is 0 Å². The number of carbonyl (C=O) groups excluding carboxylic acids is 4. The number of aliphatic hydroxyl groups excluding tert-OH is 6. The highest BCUT2D eigenvalue weighted by Gasteiger charge is 2.52. The lowest BCUT2D eigenvalue weighted by molar-refractivity contribution is -0.334. The first-order valence-electron chi connectivity index (χ1n) is 27.4. The zero-order chi connectivity index (χ0) is 59.3. The van der Waals surface area contributed by atoms with Crippen LogP contribution in [0.4, 0.5) is 0 Å². The minimum absolute atomic E-state index is 0.0277. The van der Waals surface area contributed by atoms with Crippen molar-refractivity contribution in [2.45, 2.75) is 248 Å². The van der Waals surface area contributed by atoms with Crippen molar-refractivity contribution in [1.82, 2.24) is 0 Å². The summed E-state index contributed by atoms with van der Waals surface area (Å²) < 4.78 is 78.0. The Hall–Kier alpha value is -4.30. The van der Waals surface area contributed by atoms with Crippen LogP contribution in [0.3, 0.4) is 0 Å². The summed E-state index contributed by atoms with van der Waals surface area (Å²) in [5, 5.41) is 99.3. The van der Waals surface area contributed by atoms with Crippen molar-refractivity contribution < 1.29 is 127 Å². The molecule has 0 bridgehead atoms. The Labute approximate surface area is 467 Å². The first-order valence-corrected chi connectivity index (χ1v) is 27.4. The van der Waals surface area contributed by atoms with E-state index in [1.165, 1.54) is 59.9 Å². The van der Waals surface area contributed by atoms with Crippen molar-refractivity contribution in [2.75, 3.05) is 7.11 Å². The van der Waals surface area contributed by atoms with Crippen LogP contribution in [-0.4, -0.2) is 223 Å². The summed E-state index contributed by atoms with van der Waals surface area (Å²) in [7, 11) is 1.17. The van der Waals surface area contributed by atoms with Gasteiger partial charge < -0.3 is 108 Å². The molecule has 26 nitrogen and oxygen atoms in total. The summed E-state index contributed by atoms with van der Waals surface area (Å²) in [5.41, 5.74) is -1.67. The number of esters is 2. The number of phenolic OH excluding ortho intramolecular Hbond substituents is 2. The van der Waals surface area contributed by atoms with E-state index in [0.717, 1.165) is 0 Å². The maximum atomic E-state index is 15.0. The summed E-state index contributed by atoms with van der Waals surface area (Å²) in [6.45, 7) is 13.0. The quantitative estimate of drug-likeness (QED) is 0.0979. The molecule has 5 heterocycles. The van der Waals surface area contributed by atoms with E-state index in [9.17, 15) is 60.3 Å². The molecule has 5 saturated heterocycles. The van der Waals surface area contributed by atoms with Gasteiger partial charge in [-0.05, 0) is 78.0 Å². The SMILES string of the molecule is CO[C@H](C(=O)[C@@H](O)[C@@H](C)O)[C@@H]1Cc2cc3cc(OC4CC(OC5CC(O)C(O)C(C)O5)C(OC(C)=O)C(C)O4)cc(O)c3c(O)c2C(=O)[C@H]1OC1CC(OC2CC(OC3CC(C)(O)C(OC(C)=O)C(C)O3)C(O)C(C)O2)C(O)C(C)O1. The second-order valence-electron chi connectivity index (χ2n) is 22.5. The summed E-state index contributed by atoms with van der Waals surface area (Å²) >= 11 is 0. The summed E-state index contributed by atoms with van der Waals surface area (Å²) in [6, 6.07) is 4.15. The Morgan fingerprint density at radius 3 is 1.78 bits per heavy atom. The van der Waals surface area contributed by atoms with Gasteiger partial charge in [0.25, 0.3) is 0 Å². The maximum absolute atomic E-state index is 15.0. The number of hydrogen-bond acceptors (Lipinski definition) is 26. The fourth-order valence-corrected chi connectivity index (χ4v) is 11.9. The van der Waals surface area contributed by atoms with Crippen molar-refractivity contribution in [1.29, 1.82) is 0 Å². The zero-order valence-corrected chi connectivity index (χ0v) is 46.8. The van der Waals surface area contributed by atoms with Gasteiger partial charge in [0.05, 0.1) is 65.9 Å². The molecule has 6 aliphatic rings. The molecule has 0 aromatic heterocycles. The van der Waals surface area contributed by atoms with Gasteiger partial charge in [-0.15, -0.1) is 0 Å². The Morgan fingerprint density at radius 2 is 1.21 bits per heavy atom. The molecule has 1 aliphatic carbocycles. The van der Waals surface area contributed by atoms with E-state index in [2.05, 4.69) is 0 Å². The van der Waals surface area contributed by atoms with Crippen LogP contribution in [0.5, 0.6) is 17.2 Å². The van der Waals surface area contributed by atoms with E-state index >= 15 is 4.79 Å². The lowest BCUT2D eigenvalue weighted by Crippen LogP contribution is -2.59. The molecule has 454 valence electrons. The smallest absolute Gasteiger partial charge is 0.303 e. The molecule has 2 aromatic rings. The topological polar surface area (TPSA) is 370 Å². The van der Waals surface area contributed by atoms with Crippen molar-refractivity contribution in [3.05, 3.63) is 29.3 Å². The second kappa shape index (κ2) is 25.5. The number of ether oxygens (including phenoxy) is 13. The van der Waals surface area contributed by atoms with E-state index < -0.39 is 188 Å². The Balaban J connectivity index is 1.03. The predicted molar refractivity (Wildman–Crippen MR) is 273 cm³/mol. The molecule has 5 aliphatic heterocycles. The van der Waals surface area contributed by atoms with Gasteiger partial charge >= 0.3 is 11.9 Å². The molecule has 8 rings (SSSR count). The Kier molecular flexibility index (Phi) is 19.8. The van der Waals surface area contributed by atoms with Crippen LogP contribution < -0.4 is 4.74 Å². The van der Waals surface area contributed by atoms with E-state index in [-0.39, 0.29) is 66.2 Å². The fourth-order valence-electron chi connectivity index (χ4n) is 11.9. The van der Waals surface area contributed by atoms with Crippen LogP contribution in [0.25, 0.3) is 10.8 Å². The third kappa shape index (κ3) is 13.8. The first kappa shape index (κ1) is 62.7. The second-order valence-corrected chi connectivity index (χ2v) is 22.5. The van der Waals surface area contributed by atoms with Crippen molar-refractivity contribution in [3.8, 4) is 17.2 Å². The third-order valence-corrected chi connectivity index (χ3v) is 16.0. The van der Waals surface area contributed by atoms with E-state index in [1.807, 2.05) is 0 Å². The normalized spacial score (nSPS) is 40.4. The molecule has 9 N–H and O–H groups in total. The lowest BCUT2D eigenvalue weighted by atomic mass is 9.75. The number of carbonyl (C=O) groups is 4. The molecule has 20 unspecified atom stereocenters. The predicted octanol–water partition coefficient (Wildman–Crippen LogP) is 0.584. The third-order valence-electron chi connectivity index (χ3n) is 16.0. The van der Waals surface area contributed by atoms with Crippen LogP contribution in [0, 0.1) is 5.92 Å². The molecule has 0 amide bonds. The molecule has 0 radical (unpaired) electrons. The standard InChI is InChI=1S/C55H78O26/c1-20(56)44(61)50(67)52(69-10)31-13-29-11-28-12-30(77-38-18-36(51(24(5)73-38)75-26(7)57)80-37-15-33(60)45(62)21(2)70-37)14-32(59)42(28)48(65)43(29)49(66)53(31)81-40-17-34(46(63)23(4)72-40)78-39-16-35(47(64)22(3)71-39)79-41-19-55(9,68)54(25(6)74-41)76-27(8)58/h11-12,14,20-25,31,33-41,44-47,51-54,56,59-65,68H,13,15-19H2,1-10H3/t20-,21?,22?,23?,24?,25?,31+,33?,34?,35?,36?,37?,38?,39?,40?,41?,44+,45?,46?,47?,51?,52+,53+,54?,55?/m1/s1. The molecule has 25 atom stereocenters. The molecule has 0 saturated carbocycles. The number of ketones is 2. The molecule has 0 spiro atoms. The van der Waals surface area contributed by atoms with E-state index in [4.69, 9.17) is 61.6 Å². The van der Waals surface area contributed by atoms with Crippen molar-refractivity contribution >= 4 is 34.3 Å². The Morgan fingerprint density at radius 1 is 0.679 bits per heavy atom.